The van der Waals surface area contributed by atoms with Crippen LogP contribution in [0.4, 0.5) is 5.95 Å². The van der Waals surface area contributed by atoms with Crippen LogP contribution in [0.15, 0.2) is 6.20 Å². The molecule has 1 aliphatic heterocycles. The Labute approximate surface area is 108 Å². The van der Waals surface area contributed by atoms with E-state index in [2.05, 4.69) is 21.1 Å². The van der Waals surface area contributed by atoms with E-state index < -0.39 is 0 Å². The van der Waals surface area contributed by atoms with Crippen molar-refractivity contribution in [1.29, 1.82) is 0 Å². The Kier molecular flexibility index (Phi) is 5.01. The SMILES string of the molecule is COCCNc1nc(C)cn1CC1CCOCC1. The van der Waals surface area contributed by atoms with Gasteiger partial charge in [0, 0.05) is 39.6 Å². The van der Waals surface area contributed by atoms with Crippen LogP contribution in [0.3, 0.4) is 0 Å². The lowest BCUT2D eigenvalue weighted by Gasteiger charge is -2.23. The van der Waals surface area contributed by atoms with Crippen molar-refractivity contribution >= 4 is 5.95 Å². The van der Waals surface area contributed by atoms with Crippen LogP contribution in [0.2, 0.25) is 0 Å². The number of aryl methyl sites for hydroxylation is 1. The normalized spacial score (nSPS) is 17.0. The minimum absolute atomic E-state index is 0.698. The average molecular weight is 253 g/mol. The Morgan fingerprint density at radius 1 is 1.50 bits per heavy atom. The second-order valence-corrected chi connectivity index (χ2v) is 4.83. The molecule has 1 saturated heterocycles. The molecule has 1 aromatic heterocycles. The van der Waals surface area contributed by atoms with Gasteiger partial charge in [-0.3, -0.25) is 0 Å². The molecule has 0 bridgehead atoms. The third-order valence-corrected chi connectivity index (χ3v) is 3.28. The summed E-state index contributed by atoms with van der Waals surface area (Å²) in [5, 5.41) is 3.32. The summed E-state index contributed by atoms with van der Waals surface area (Å²) in [5.74, 6) is 1.66. The number of ether oxygens (including phenoxy) is 2. The van der Waals surface area contributed by atoms with Gasteiger partial charge in [-0.15, -0.1) is 0 Å². The van der Waals surface area contributed by atoms with Crippen molar-refractivity contribution < 1.29 is 9.47 Å². The van der Waals surface area contributed by atoms with Gasteiger partial charge >= 0.3 is 0 Å². The van der Waals surface area contributed by atoms with Gasteiger partial charge in [0.2, 0.25) is 5.95 Å². The van der Waals surface area contributed by atoms with E-state index in [4.69, 9.17) is 9.47 Å². The highest BCUT2D eigenvalue weighted by Crippen LogP contribution is 2.19. The molecule has 102 valence electrons. The Balaban J connectivity index is 1.93. The predicted molar refractivity (Wildman–Crippen MR) is 70.9 cm³/mol. The first kappa shape index (κ1) is 13.4. The largest absolute Gasteiger partial charge is 0.383 e. The molecule has 2 heterocycles. The summed E-state index contributed by atoms with van der Waals surface area (Å²) in [5.41, 5.74) is 1.06. The van der Waals surface area contributed by atoms with E-state index in [1.165, 1.54) is 0 Å². The number of hydrogen-bond donors (Lipinski definition) is 1. The third-order valence-electron chi connectivity index (χ3n) is 3.28. The first-order valence-corrected chi connectivity index (χ1v) is 6.64. The molecule has 18 heavy (non-hydrogen) atoms. The minimum Gasteiger partial charge on any atom is -0.383 e. The van der Waals surface area contributed by atoms with E-state index in [-0.39, 0.29) is 0 Å². The van der Waals surface area contributed by atoms with Crippen LogP contribution in [0.5, 0.6) is 0 Å². The van der Waals surface area contributed by atoms with Crippen molar-refractivity contribution in [2.45, 2.75) is 26.3 Å². The van der Waals surface area contributed by atoms with Crippen LogP contribution in [0.1, 0.15) is 18.5 Å². The Bertz CT molecular complexity index is 359. The zero-order chi connectivity index (χ0) is 12.8. The molecule has 0 atom stereocenters. The van der Waals surface area contributed by atoms with Crippen molar-refractivity contribution in [3.63, 3.8) is 0 Å². The zero-order valence-corrected chi connectivity index (χ0v) is 11.3. The molecule has 0 spiro atoms. The molecule has 5 heteroatoms. The van der Waals surface area contributed by atoms with Gasteiger partial charge in [0.25, 0.3) is 0 Å². The molecular formula is C13H23N3O2. The van der Waals surface area contributed by atoms with Crippen LogP contribution >= 0.6 is 0 Å². The number of nitrogens with one attached hydrogen (secondary N) is 1. The summed E-state index contributed by atoms with van der Waals surface area (Å²) in [6.45, 7) is 6.33. The fourth-order valence-corrected chi connectivity index (χ4v) is 2.30. The van der Waals surface area contributed by atoms with Crippen molar-refractivity contribution in [2.24, 2.45) is 5.92 Å². The fraction of sp³-hybridized carbons (Fsp3) is 0.769. The Morgan fingerprint density at radius 3 is 3.00 bits per heavy atom. The molecule has 0 aromatic carbocycles. The molecule has 0 saturated carbocycles. The van der Waals surface area contributed by atoms with Gasteiger partial charge in [-0.1, -0.05) is 0 Å². The van der Waals surface area contributed by atoms with E-state index in [1.54, 1.807) is 7.11 Å². The van der Waals surface area contributed by atoms with Crippen LogP contribution in [0.25, 0.3) is 0 Å². The van der Waals surface area contributed by atoms with E-state index in [0.29, 0.717) is 12.5 Å². The lowest BCUT2D eigenvalue weighted by atomic mass is 10.0. The first-order chi connectivity index (χ1) is 8.79. The Hall–Kier alpha value is -1.07. The molecular weight excluding hydrogens is 230 g/mol. The van der Waals surface area contributed by atoms with Gasteiger partial charge in [0.1, 0.15) is 0 Å². The second kappa shape index (κ2) is 6.75. The monoisotopic (exact) mass is 253 g/mol. The van der Waals surface area contributed by atoms with E-state index in [9.17, 15) is 0 Å². The van der Waals surface area contributed by atoms with Gasteiger partial charge in [-0.2, -0.15) is 0 Å². The van der Waals surface area contributed by atoms with Crippen molar-refractivity contribution in [3.05, 3.63) is 11.9 Å². The van der Waals surface area contributed by atoms with E-state index in [0.717, 1.165) is 50.8 Å². The smallest absolute Gasteiger partial charge is 0.203 e. The van der Waals surface area contributed by atoms with Crippen LogP contribution in [-0.4, -0.2) is 43.0 Å². The van der Waals surface area contributed by atoms with Gasteiger partial charge in [0.05, 0.1) is 12.3 Å². The maximum Gasteiger partial charge on any atom is 0.203 e. The highest BCUT2D eigenvalue weighted by Gasteiger charge is 2.16. The topological polar surface area (TPSA) is 48.3 Å². The highest BCUT2D eigenvalue weighted by atomic mass is 16.5. The quantitative estimate of drug-likeness (QED) is 0.784. The van der Waals surface area contributed by atoms with Crippen LogP contribution < -0.4 is 5.32 Å². The number of rotatable bonds is 6. The van der Waals surface area contributed by atoms with Crippen LogP contribution in [-0.2, 0) is 16.0 Å². The molecule has 0 amide bonds. The minimum atomic E-state index is 0.698. The summed E-state index contributed by atoms with van der Waals surface area (Å²) in [6.07, 6.45) is 4.41. The molecule has 1 aliphatic rings. The average Bonchev–Trinajstić information content (AvgIpc) is 2.71. The zero-order valence-electron chi connectivity index (χ0n) is 11.3. The standard InChI is InChI=1S/C13H23N3O2/c1-11-9-16(10-12-3-6-18-7-4-12)13(15-11)14-5-8-17-2/h9,12H,3-8,10H2,1-2H3,(H,14,15). The van der Waals surface area contributed by atoms with Gasteiger partial charge < -0.3 is 19.4 Å². The summed E-state index contributed by atoms with van der Waals surface area (Å²) in [7, 11) is 1.71. The third kappa shape index (κ3) is 3.71. The number of nitrogens with zero attached hydrogens (tertiary/aromatic N) is 2. The van der Waals surface area contributed by atoms with E-state index >= 15 is 0 Å². The fourth-order valence-electron chi connectivity index (χ4n) is 2.30. The second-order valence-electron chi connectivity index (χ2n) is 4.83. The summed E-state index contributed by atoms with van der Waals surface area (Å²) in [6, 6.07) is 0. The maximum absolute atomic E-state index is 5.40. The van der Waals surface area contributed by atoms with Crippen molar-refractivity contribution in [3.8, 4) is 0 Å². The lowest BCUT2D eigenvalue weighted by molar-refractivity contribution is 0.0614. The Morgan fingerprint density at radius 2 is 2.28 bits per heavy atom. The number of aromatic nitrogens is 2. The molecule has 2 rings (SSSR count). The molecule has 5 nitrogen and oxygen atoms in total. The van der Waals surface area contributed by atoms with Gasteiger partial charge in [-0.05, 0) is 25.7 Å². The molecule has 0 aliphatic carbocycles. The molecule has 1 aromatic rings. The van der Waals surface area contributed by atoms with Gasteiger partial charge in [0.15, 0.2) is 0 Å². The number of methoxy groups -OCH3 is 1. The first-order valence-electron chi connectivity index (χ1n) is 6.64. The molecule has 0 unspecified atom stereocenters. The summed E-state index contributed by atoms with van der Waals surface area (Å²) < 4.78 is 12.7. The molecule has 0 radical (unpaired) electrons. The molecule has 1 fully saturated rings. The number of anilines is 1. The highest BCUT2D eigenvalue weighted by molar-refractivity contribution is 5.28. The summed E-state index contributed by atoms with van der Waals surface area (Å²) in [4.78, 5) is 4.51. The van der Waals surface area contributed by atoms with Crippen LogP contribution in [0, 0.1) is 12.8 Å². The predicted octanol–water partition coefficient (Wildman–Crippen LogP) is 1.68. The van der Waals surface area contributed by atoms with Gasteiger partial charge in [-0.25, -0.2) is 4.98 Å². The van der Waals surface area contributed by atoms with Crippen molar-refractivity contribution in [1.82, 2.24) is 9.55 Å². The van der Waals surface area contributed by atoms with Crippen molar-refractivity contribution in [2.75, 3.05) is 38.8 Å². The molecule has 1 N–H and O–H groups in total. The van der Waals surface area contributed by atoms with E-state index in [1.807, 2.05) is 6.92 Å². The number of hydrogen-bond acceptors (Lipinski definition) is 4. The summed E-state index contributed by atoms with van der Waals surface area (Å²) >= 11 is 0. The lowest BCUT2D eigenvalue weighted by Crippen LogP contribution is -2.21. The maximum atomic E-state index is 5.40. The number of imidazole rings is 1.